The number of pyridine rings is 1. The Morgan fingerprint density at radius 1 is 1.08 bits per heavy atom. The molecule has 0 bridgehead atoms. The second-order valence-electron chi connectivity index (χ2n) is 5.97. The van der Waals surface area contributed by atoms with E-state index in [9.17, 15) is 9.59 Å². The third-order valence-electron chi connectivity index (χ3n) is 4.25. The number of hydrogen-bond donors (Lipinski definition) is 2. The Morgan fingerprint density at radius 3 is 2.35 bits per heavy atom. The summed E-state index contributed by atoms with van der Waals surface area (Å²) in [6, 6.07) is 10.0. The summed E-state index contributed by atoms with van der Waals surface area (Å²) in [6.45, 7) is 2.98. The number of carboxylic acids is 1. The van der Waals surface area contributed by atoms with Crippen LogP contribution in [-0.2, 0) is 6.54 Å². The van der Waals surface area contributed by atoms with Crippen molar-refractivity contribution >= 4 is 29.4 Å². The predicted molar refractivity (Wildman–Crippen MR) is 98.7 cm³/mol. The van der Waals surface area contributed by atoms with Crippen LogP contribution in [0, 0.1) is 0 Å². The Hall–Kier alpha value is -2.80. The van der Waals surface area contributed by atoms with Crippen LogP contribution in [0.5, 0.6) is 0 Å². The molecular weight excluding hydrogens is 356 g/mol. The first-order valence-electron chi connectivity index (χ1n) is 8.24. The van der Waals surface area contributed by atoms with Crippen molar-refractivity contribution in [2.24, 2.45) is 0 Å². The molecule has 0 aliphatic carbocycles. The van der Waals surface area contributed by atoms with Gasteiger partial charge in [0.1, 0.15) is 5.82 Å². The van der Waals surface area contributed by atoms with E-state index in [0.29, 0.717) is 37.7 Å². The molecule has 1 aliphatic heterocycles. The van der Waals surface area contributed by atoms with Crippen molar-refractivity contribution in [1.29, 1.82) is 0 Å². The lowest BCUT2D eigenvalue weighted by molar-refractivity contribution is 0.0697. The second-order valence-corrected chi connectivity index (χ2v) is 6.41. The van der Waals surface area contributed by atoms with Crippen LogP contribution >= 0.6 is 11.6 Å². The zero-order chi connectivity index (χ0) is 18.5. The highest BCUT2D eigenvalue weighted by molar-refractivity contribution is 6.30. The summed E-state index contributed by atoms with van der Waals surface area (Å²) < 4.78 is 0. The molecule has 7 nitrogen and oxygen atoms in total. The van der Waals surface area contributed by atoms with E-state index in [2.05, 4.69) is 15.2 Å². The predicted octanol–water partition coefficient (Wildman–Crippen LogP) is 2.47. The van der Waals surface area contributed by atoms with Crippen LogP contribution in [-0.4, -0.2) is 53.2 Å². The number of amides is 2. The number of rotatable bonds is 4. The molecule has 0 atom stereocenters. The average molecular weight is 375 g/mol. The number of benzene rings is 1. The molecule has 0 saturated carbocycles. The summed E-state index contributed by atoms with van der Waals surface area (Å²) in [5, 5.41) is 12.4. The third-order valence-corrected chi connectivity index (χ3v) is 4.47. The standard InChI is InChI=1S/C18H19ClN4O3/c19-15-5-6-16(20-12-15)22-7-9-23(10-8-22)18(26)21-11-13-1-3-14(4-2-13)17(24)25/h1-6,12H,7-11H2,(H,21,26)(H,24,25). The minimum atomic E-state index is -0.964. The Labute approximate surface area is 156 Å². The van der Waals surface area contributed by atoms with Crippen LogP contribution in [0.25, 0.3) is 0 Å². The van der Waals surface area contributed by atoms with Crippen molar-refractivity contribution < 1.29 is 14.7 Å². The Balaban J connectivity index is 1.47. The highest BCUT2D eigenvalue weighted by Gasteiger charge is 2.21. The number of hydrogen-bond acceptors (Lipinski definition) is 4. The molecule has 8 heteroatoms. The molecule has 26 heavy (non-hydrogen) atoms. The van der Waals surface area contributed by atoms with Gasteiger partial charge in [-0.25, -0.2) is 14.6 Å². The number of carbonyl (C=O) groups excluding carboxylic acids is 1. The first-order valence-corrected chi connectivity index (χ1v) is 8.62. The van der Waals surface area contributed by atoms with Gasteiger partial charge >= 0.3 is 12.0 Å². The summed E-state index contributed by atoms with van der Waals surface area (Å²) >= 11 is 5.85. The summed E-state index contributed by atoms with van der Waals surface area (Å²) in [5.41, 5.74) is 1.08. The molecule has 1 aliphatic rings. The molecule has 0 radical (unpaired) electrons. The molecule has 0 unspecified atom stereocenters. The van der Waals surface area contributed by atoms with Crippen LogP contribution < -0.4 is 10.2 Å². The number of piperazine rings is 1. The lowest BCUT2D eigenvalue weighted by Gasteiger charge is -2.35. The van der Waals surface area contributed by atoms with E-state index in [1.54, 1.807) is 29.3 Å². The van der Waals surface area contributed by atoms with Gasteiger partial charge in [0.25, 0.3) is 0 Å². The Morgan fingerprint density at radius 2 is 1.77 bits per heavy atom. The summed E-state index contributed by atoms with van der Waals surface area (Å²) in [7, 11) is 0. The molecule has 2 heterocycles. The number of carbonyl (C=O) groups is 2. The van der Waals surface area contributed by atoms with Crippen molar-refractivity contribution in [3.8, 4) is 0 Å². The number of urea groups is 1. The number of carboxylic acid groups (broad SMARTS) is 1. The largest absolute Gasteiger partial charge is 0.478 e. The van der Waals surface area contributed by atoms with Crippen molar-refractivity contribution in [3.63, 3.8) is 0 Å². The Kier molecular flexibility index (Phi) is 5.58. The monoisotopic (exact) mass is 374 g/mol. The SMILES string of the molecule is O=C(O)c1ccc(CNC(=O)N2CCN(c3ccc(Cl)cn3)CC2)cc1. The molecule has 2 N–H and O–H groups in total. The quantitative estimate of drug-likeness (QED) is 0.858. The molecular formula is C18H19ClN4O3. The summed E-state index contributed by atoms with van der Waals surface area (Å²) in [6.07, 6.45) is 1.62. The fraction of sp³-hybridized carbons (Fsp3) is 0.278. The molecule has 1 fully saturated rings. The van der Waals surface area contributed by atoms with E-state index in [-0.39, 0.29) is 11.6 Å². The van der Waals surface area contributed by atoms with Crippen molar-refractivity contribution in [2.45, 2.75) is 6.54 Å². The first kappa shape index (κ1) is 18.0. The molecule has 136 valence electrons. The maximum absolute atomic E-state index is 12.3. The van der Waals surface area contributed by atoms with E-state index < -0.39 is 5.97 Å². The minimum Gasteiger partial charge on any atom is -0.478 e. The van der Waals surface area contributed by atoms with Gasteiger partial charge in [-0.15, -0.1) is 0 Å². The topological polar surface area (TPSA) is 85.8 Å². The molecule has 2 amide bonds. The maximum Gasteiger partial charge on any atom is 0.335 e. The van der Waals surface area contributed by atoms with E-state index in [1.165, 1.54) is 12.1 Å². The fourth-order valence-electron chi connectivity index (χ4n) is 2.75. The molecule has 1 saturated heterocycles. The first-order chi connectivity index (χ1) is 12.5. The smallest absolute Gasteiger partial charge is 0.335 e. The normalized spacial score (nSPS) is 14.2. The number of nitrogens with one attached hydrogen (secondary N) is 1. The van der Waals surface area contributed by atoms with E-state index in [4.69, 9.17) is 16.7 Å². The lowest BCUT2D eigenvalue weighted by Crippen LogP contribution is -2.51. The molecule has 2 aromatic rings. The maximum atomic E-state index is 12.3. The van der Waals surface area contributed by atoms with Crippen LogP contribution in [0.4, 0.5) is 10.6 Å². The van der Waals surface area contributed by atoms with Gasteiger partial charge in [0.05, 0.1) is 10.6 Å². The van der Waals surface area contributed by atoms with Gasteiger partial charge in [-0.3, -0.25) is 0 Å². The van der Waals surface area contributed by atoms with Gasteiger partial charge in [0, 0.05) is 38.9 Å². The molecule has 0 spiro atoms. The fourth-order valence-corrected chi connectivity index (χ4v) is 2.86. The highest BCUT2D eigenvalue weighted by Crippen LogP contribution is 2.16. The minimum absolute atomic E-state index is 0.129. The number of aromatic nitrogens is 1. The second kappa shape index (κ2) is 8.05. The zero-order valence-corrected chi connectivity index (χ0v) is 14.8. The van der Waals surface area contributed by atoms with E-state index in [0.717, 1.165) is 11.4 Å². The van der Waals surface area contributed by atoms with Crippen molar-refractivity contribution in [3.05, 3.63) is 58.7 Å². The van der Waals surface area contributed by atoms with Crippen molar-refractivity contribution in [2.75, 3.05) is 31.1 Å². The summed E-state index contributed by atoms with van der Waals surface area (Å²) in [4.78, 5) is 31.3. The molecule has 1 aromatic carbocycles. The number of nitrogens with zero attached hydrogens (tertiary/aromatic N) is 3. The van der Waals surface area contributed by atoms with Gasteiger partial charge in [-0.05, 0) is 29.8 Å². The summed E-state index contributed by atoms with van der Waals surface area (Å²) in [5.74, 6) is -0.110. The van der Waals surface area contributed by atoms with Gasteiger partial charge in [0.2, 0.25) is 0 Å². The lowest BCUT2D eigenvalue weighted by atomic mass is 10.1. The zero-order valence-electron chi connectivity index (χ0n) is 14.1. The third kappa shape index (κ3) is 4.43. The molecule has 1 aromatic heterocycles. The molecule has 3 rings (SSSR count). The Bertz CT molecular complexity index is 772. The van der Waals surface area contributed by atoms with Gasteiger partial charge in [-0.1, -0.05) is 23.7 Å². The van der Waals surface area contributed by atoms with Crippen LogP contribution in [0.1, 0.15) is 15.9 Å². The van der Waals surface area contributed by atoms with Crippen LogP contribution in [0.15, 0.2) is 42.6 Å². The van der Waals surface area contributed by atoms with Gasteiger partial charge in [0.15, 0.2) is 0 Å². The number of halogens is 1. The van der Waals surface area contributed by atoms with E-state index >= 15 is 0 Å². The van der Waals surface area contributed by atoms with Gasteiger partial charge < -0.3 is 20.2 Å². The van der Waals surface area contributed by atoms with Crippen LogP contribution in [0.2, 0.25) is 5.02 Å². The number of aromatic carboxylic acids is 1. The number of anilines is 1. The van der Waals surface area contributed by atoms with Crippen molar-refractivity contribution in [1.82, 2.24) is 15.2 Å². The van der Waals surface area contributed by atoms with Crippen LogP contribution in [0.3, 0.4) is 0 Å². The van der Waals surface area contributed by atoms with E-state index in [1.807, 2.05) is 6.07 Å². The van der Waals surface area contributed by atoms with Gasteiger partial charge in [-0.2, -0.15) is 0 Å². The average Bonchev–Trinajstić information content (AvgIpc) is 2.67. The highest BCUT2D eigenvalue weighted by atomic mass is 35.5.